The Morgan fingerprint density at radius 3 is 2.05 bits per heavy atom. The van der Waals surface area contributed by atoms with Crippen LogP contribution >= 0.6 is 0 Å². The number of hydrogen-bond donors (Lipinski definition) is 1. The van der Waals surface area contributed by atoms with Gasteiger partial charge in [-0.05, 0) is 17.7 Å². The number of hydrogen-bond acceptors (Lipinski definition) is 4. The smallest absolute Gasteiger partial charge is 0.184 e. The summed E-state index contributed by atoms with van der Waals surface area (Å²) in [5, 5.41) is 0. The van der Waals surface area contributed by atoms with E-state index in [1.807, 2.05) is 18.2 Å². The maximum absolute atomic E-state index is 12.2. The molecule has 104 valence electrons. The number of rotatable bonds is 4. The van der Waals surface area contributed by atoms with Crippen LogP contribution in [0.25, 0.3) is 0 Å². The molecule has 0 fully saturated rings. The van der Waals surface area contributed by atoms with Crippen molar-refractivity contribution >= 4 is 15.6 Å². The van der Waals surface area contributed by atoms with E-state index < -0.39 is 15.9 Å². The van der Waals surface area contributed by atoms with Gasteiger partial charge in [-0.25, -0.2) is 8.42 Å². The molecule has 0 radical (unpaired) electrons. The summed E-state index contributed by atoms with van der Waals surface area (Å²) in [4.78, 5) is 12.4. The van der Waals surface area contributed by atoms with E-state index in [2.05, 4.69) is 0 Å². The summed E-state index contributed by atoms with van der Waals surface area (Å²) in [7, 11) is -3.26. The van der Waals surface area contributed by atoms with Crippen LogP contribution in [-0.4, -0.2) is 20.5 Å². The molecular weight excluding hydrogens is 274 g/mol. The molecule has 0 aliphatic heterocycles. The van der Waals surface area contributed by atoms with Crippen LogP contribution in [0.15, 0.2) is 59.5 Å². The Kier molecular flexibility index (Phi) is 4.01. The van der Waals surface area contributed by atoms with Gasteiger partial charge in [0.2, 0.25) is 0 Å². The SMILES string of the molecule is CS(=O)(=O)c1ccc(C(=O)C(N)c2ccccc2)cc1. The largest absolute Gasteiger partial charge is 0.318 e. The molecule has 0 aliphatic rings. The van der Waals surface area contributed by atoms with Crippen LogP contribution in [0.4, 0.5) is 0 Å². The fourth-order valence-electron chi connectivity index (χ4n) is 1.86. The van der Waals surface area contributed by atoms with Gasteiger partial charge in [0.15, 0.2) is 15.6 Å². The second kappa shape index (κ2) is 5.56. The average molecular weight is 289 g/mol. The zero-order chi connectivity index (χ0) is 14.8. The molecule has 0 aromatic heterocycles. The third-order valence-electron chi connectivity index (χ3n) is 3.01. The Labute approximate surface area is 118 Å². The molecule has 2 rings (SSSR count). The van der Waals surface area contributed by atoms with E-state index >= 15 is 0 Å². The lowest BCUT2D eigenvalue weighted by Crippen LogP contribution is -2.21. The van der Waals surface area contributed by atoms with Crippen LogP contribution in [0.3, 0.4) is 0 Å². The number of ketones is 1. The van der Waals surface area contributed by atoms with Gasteiger partial charge >= 0.3 is 0 Å². The van der Waals surface area contributed by atoms with Crippen molar-refractivity contribution in [1.29, 1.82) is 0 Å². The average Bonchev–Trinajstić information content (AvgIpc) is 2.46. The van der Waals surface area contributed by atoms with Gasteiger partial charge in [-0.2, -0.15) is 0 Å². The molecule has 2 N–H and O–H groups in total. The Bertz CT molecular complexity index is 707. The summed E-state index contributed by atoms with van der Waals surface area (Å²) in [6.07, 6.45) is 1.12. The molecule has 0 bridgehead atoms. The van der Waals surface area contributed by atoms with Crippen LogP contribution in [0.2, 0.25) is 0 Å². The normalized spacial score (nSPS) is 12.9. The van der Waals surface area contributed by atoms with Crippen molar-refractivity contribution in [3.63, 3.8) is 0 Å². The standard InChI is InChI=1S/C15H15NO3S/c1-20(18,19)13-9-7-12(8-10-13)15(17)14(16)11-5-3-2-4-6-11/h2-10,14H,16H2,1H3. The summed E-state index contributed by atoms with van der Waals surface area (Å²) in [5.41, 5.74) is 7.05. The maximum Gasteiger partial charge on any atom is 0.184 e. The molecule has 2 aromatic carbocycles. The van der Waals surface area contributed by atoms with Crippen molar-refractivity contribution in [2.45, 2.75) is 10.9 Å². The lowest BCUT2D eigenvalue weighted by Gasteiger charge is -2.11. The van der Waals surface area contributed by atoms with Crippen LogP contribution in [0, 0.1) is 0 Å². The number of nitrogens with two attached hydrogens (primary N) is 1. The predicted molar refractivity (Wildman–Crippen MR) is 77.3 cm³/mol. The zero-order valence-corrected chi connectivity index (χ0v) is 11.8. The van der Waals surface area contributed by atoms with E-state index in [0.29, 0.717) is 5.56 Å². The van der Waals surface area contributed by atoms with Gasteiger partial charge in [0, 0.05) is 11.8 Å². The van der Waals surface area contributed by atoms with Crippen LogP contribution in [-0.2, 0) is 9.84 Å². The summed E-state index contributed by atoms with van der Waals surface area (Å²) in [6, 6.07) is 14.1. The predicted octanol–water partition coefficient (Wildman–Crippen LogP) is 1.97. The zero-order valence-electron chi connectivity index (χ0n) is 11.0. The minimum absolute atomic E-state index is 0.183. The minimum Gasteiger partial charge on any atom is -0.318 e. The van der Waals surface area contributed by atoms with Gasteiger partial charge in [0.1, 0.15) is 0 Å². The molecular formula is C15H15NO3S. The summed E-state index contributed by atoms with van der Waals surface area (Å²) < 4.78 is 22.7. The minimum atomic E-state index is -3.26. The molecule has 1 atom stereocenters. The third-order valence-corrected chi connectivity index (χ3v) is 4.14. The highest BCUT2D eigenvalue weighted by molar-refractivity contribution is 7.90. The van der Waals surface area contributed by atoms with Gasteiger partial charge in [0.05, 0.1) is 10.9 Å². The summed E-state index contributed by atoms with van der Waals surface area (Å²) in [6.45, 7) is 0. The highest BCUT2D eigenvalue weighted by atomic mass is 32.2. The second-order valence-corrected chi connectivity index (χ2v) is 6.56. The van der Waals surface area contributed by atoms with E-state index in [1.54, 1.807) is 12.1 Å². The maximum atomic E-state index is 12.2. The molecule has 1 unspecified atom stereocenters. The Balaban J connectivity index is 2.26. The first-order valence-corrected chi connectivity index (χ1v) is 7.93. The van der Waals surface area contributed by atoms with Crippen LogP contribution in [0.1, 0.15) is 22.0 Å². The molecule has 20 heavy (non-hydrogen) atoms. The van der Waals surface area contributed by atoms with Gasteiger partial charge < -0.3 is 5.73 Å². The van der Waals surface area contributed by atoms with Crippen molar-refractivity contribution < 1.29 is 13.2 Å². The van der Waals surface area contributed by atoms with Gasteiger partial charge in [-0.1, -0.05) is 42.5 Å². The molecule has 0 spiro atoms. The van der Waals surface area contributed by atoms with E-state index in [4.69, 9.17) is 5.73 Å². The first kappa shape index (κ1) is 14.4. The molecule has 0 heterocycles. The fraction of sp³-hybridized carbons (Fsp3) is 0.133. The molecule has 0 aliphatic carbocycles. The van der Waals surface area contributed by atoms with Crippen LogP contribution in [0.5, 0.6) is 0 Å². The number of benzene rings is 2. The van der Waals surface area contributed by atoms with Gasteiger partial charge in [-0.3, -0.25) is 4.79 Å². The summed E-state index contributed by atoms with van der Waals surface area (Å²) in [5.74, 6) is -0.240. The molecule has 2 aromatic rings. The molecule has 0 saturated carbocycles. The quantitative estimate of drug-likeness (QED) is 0.873. The Hall–Kier alpha value is -1.98. The van der Waals surface area contributed by atoms with E-state index in [9.17, 15) is 13.2 Å². The fourth-order valence-corrected chi connectivity index (χ4v) is 2.49. The van der Waals surface area contributed by atoms with Crippen molar-refractivity contribution in [1.82, 2.24) is 0 Å². The second-order valence-electron chi connectivity index (χ2n) is 4.55. The highest BCUT2D eigenvalue weighted by Crippen LogP contribution is 2.17. The number of Topliss-reactive ketones (excluding diaryl/α,β-unsaturated/α-hetero) is 1. The van der Waals surface area contributed by atoms with Crippen molar-refractivity contribution in [3.8, 4) is 0 Å². The molecule has 4 nitrogen and oxygen atoms in total. The first-order valence-electron chi connectivity index (χ1n) is 6.04. The Morgan fingerprint density at radius 2 is 1.55 bits per heavy atom. The topological polar surface area (TPSA) is 77.2 Å². The van der Waals surface area contributed by atoms with E-state index in [-0.39, 0.29) is 10.7 Å². The molecule has 0 amide bonds. The van der Waals surface area contributed by atoms with Crippen molar-refractivity contribution in [2.24, 2.45) is 5.73 Å². The third kappa shape index (κ3) is 3.12. The Morgan fingerprint density at radius 1 is 1.00 bits per heavy atom. The lowest BCUT2D eigenvalue weighted by molar-refractivity contribution is 0.0961. The van der Waals surface area contributed by atoms with Crippen LogP contribution < -0.4 is 5.73 Å². The first-order chi connectivity index (χ1) is 9.39. The highest BCUT2D eigenvalue weighted by Gasteiger charge is 2.18. The number of carbonyl (C=O) groups is 1. The molecule has 5 heteroatoms. The van der Waals surface area contributed by atoms with Gasteiger partial charge in [0.25, 0.3) is 0 Å². The van der Waals surface area contributed by atoms with E-state index in [1.165, 1.54) is 24.3 Å². The van der Waals surface area contributed by atoms with Crippen molar-refractivity contribution in [2.75, 3.05) is 6.26 Å². The van der Waals surface area contributed by atoms with Gasteiger partial charge in [-0.15, -0.1) is 0 Å². The summed E-state index contributed by atoms with van der Waals surface area (Å²) >= 11 is 0. The molecule has 0 saturated heterocycles. The number of carbonyl (C=O) groups excluding carboxylic acids is 1. The van der Waals surface area contributed by atoms with Crippen molar-refractivity contribution in [3.05, 3.63) is 65.7 Å². The monoisotopic (exact) mass is 289 g/mol. The van der Waals surface area contributed by atoms with E-state index in [0.717, 1.165) is 11.8 Å². The lowest BCUT2D eigenvalue weighted by atomic mass is 9.98. The number of sulfone groups is 1.